The van der Waals surface area contributed by atoms with Crippen molar-refractivity contribution in [1.29, 1.82) is 0 Å². The van der Waals surface area contributed by atoms with Crippen molar-refractivity contribution in [2.24, 2.45) is 0 Å². The topological polar surface area (TPSA) is 95.6 Å². The molecule has 8 heteroatoms. The second-order valence-corrected chi connectivity index (χ2v) is 8.56. The molecule has 0 bridgehead atoms. The molecule has 29 heavy (non-hydrogen) atoms. The fourth-order valence-corrected chi connectivity index (χ4v) is 4.60. The minimum atomic E-state index is -3.96. The van der Waals surface area contributed by atoms with E-state index in [1.165, 1.54) is 6.07 Å². The highest BCUT2D eigenvalue weighted by Crippen LogP contribution is 2.27. The van der Waals surface area contributed by atoms with Crippen LogP contribution in [0.5, 0.6) is 0 Å². The van der Waals surface area contributed by atoms with Crippen LogP contribution in [0.15, 0.2) is 53.4 Å². The van der Waals surface area contributed by atoms with Crippen LogP contribution in [0.1, 0.15) is 37.4 Å². The molecule has 0 aromatic heterocycles. The van der Waals surface area contributed by atoms with E-state index in [1.807, 2.05) is 19.9 Å². The van der Waals surface area contributed by atoms with Crippen LogP contribution < -0.4 is 10.0 Å². The summed E-state index contributed by atoms with van der Waals surface area (Å²) in [6.07, 6.45) is 0.794. The van der Waals surface area contributed by atoms with Crippen LogP contribution in [0.25, 0.3) is 0 Å². The second kappa shape index (κ2) is 8.75. The number of carbonyl (C=O) groups excluding carboxylic acids is 2. The minimum Gasteiger partial charge on any atom is -0.342 e. The molecule has 1 heterocycles. The van der Waals surface area contributed by atoms with Gasteiger partial charge in [-0.05, 0) is 49.6 Å². The van der Waals surface area contributed by atoms with Crippen LogP contribution in [0.2, 0.25) is 0 Å². The van der Waals surface area contributed by atoms with Crippen molar-refractivity contribution in [3.63, 3.8) is 0 Å². The Balaban J connectivity index is 1.94. The lowest BCUT2D eigenvalue weighted by Crippen LogP contribution is -2.42. The summed E-state index contributed by atoms with van der Waals surface area (Å²) in [6, 6.07) is 12.4. The van der Waals surface area contributed by atoms with E-state index in [9.17, 15) is 18.0 Å². The molecule has 1 aliphatic rings. The van der Waals surface area contributed by atoms with Gasteiger partial charge in [0.2, 0.25) is 21.8 Å². The molecule has 3 rings (SSSR count). The molecule has 2 aromatic carbocycles. The first-order valence-electron chi connectivity index (χ1n) is 9.64. The summed E-state index contributed by atoms with van der Waals surface area (Å²) in [5.41, 5.74) is 1.97. The zero-order chi connectivity index (χ0) is 21.0. The Morgan fingerprint density at radius 1 is 1.10 bits per heavy atom. The normalized spacial score (nSPS) is 14.6. The third-order valence-corrected chi connectivity index (χ3v) is 6.43. The highest BCUT2D eigenvalue weighted by atomic mass is 32.2. The van der Waals surface area contributed by atoms with Crippen LogP contribution in [0, 0.1) is 0 Å². The molecule has 0 aliphatic carbocycles. The van der Waals surface area contributed by atoms with E-state index in [0.717, 1.165) is 5.56 Å². The molecule has 0 saturated heterocycles. The van der Waals surface area contributed by atoms with Gasteiger partial charge in [-0.2, -0.15) is 4.72 Å². The maximum absolute atomic E-state index is 13.1. The lowest BCUT2D eigenvalue weighted by atomic mass is 10.0. The molecule has 2 aromatic rings. The number of hydrogen-bond acceptors (Lipinski definition) is 4. The fourth-order valence-electron chi connectivity index (χ4n) is 3.37. The third kappa shape index (κ3) is 4.65. The molecule has 0 saturated carbocycles. The molecule has 154 valence electrons. The quantitative estimate of drug-likeness (QED) is 0.726. The van der Waals surface area contributed by atoms with E-state index in [2.05, 4.69) is 10.0 Å². The summed E-state index contributed by atoms with van der Waals surface area (Å²) < 4.78 is 28.8. The van der Waals surface area contributed by atoms with E-state index in [4.69, 9.17) is 0 Å². The SMILES string of the molecule is CCN(CC)C(=O)C(NS(=O)(=O)c1ccc2c(c1)CCC(=O)N2)c1ccccc1. The lowest BCUT2D eigenvalue weighted by Gasteiger charge is -2.26. The van der Waals surface area contributed by atoms with Gasteiger partial charge in [-0.15, -0.1) is 0 Å². The number of likely N-dealkylation sites (N-methyl/N-ethyl adjacent to an activating group) is 1. The Kier molecular flexibility index (Phi) is 6.34. The van der Waals surface area contributed by atoms with Gasteiger partial charge < -0.3 is 10.2 Å². The summed E-state index contributed by atoms with van der Waals surface area (Å²) >= 11 is 0. The number of nitrogens with one attached hydrogen (secondary N) is 2. The summed E-state index contributed by atoms with van der Waals surface area (Å²) in [5, 5.41) is 2.74. The highest BCUT2D eigenvalue weighted by molar-refractivity contribution is 7.89. The van der Waals surface area contributed by atoms with Gasteiger partial charge in [-0.3, -0.25) is 9.59 Å². The maximum atomic E-state index is 13.1. The number of nitrogens with zero attached hydrogens (tertiary/aromatic N) is 1. The molecular formula is C21H25N3O4S. The van der Waals surface area contributed by atoms with E-state index in [0.29, 0.717) is 37.2 Å². The first kappa shape index (κ1) is 21.0. The first-order chi connectivity index (χ1) is 13.9. The zero-order valence-electron chi connectivity index (χ0n) is 16.5. The van der Waals surface area contributed by atoms with Crippen molar-refractivity contribution in [2.45, 2.75) is 37.6 Å². The number of sulfonamides is 1. The van der Waals surface area contributed by atoms with Gasteiger partial charge in [0, 0.05) is 25.2 Å². The van der Waals surface area contributed by atoms with Gasteiger partial charge in [-0.1, -0.05) is 30.3 Å². The molecule has 0 fully saturated rings. The van der Waals surface area contributed by atoms with Gasteiger partial charge in [0.05, 0.1) is 4.90 Å². The van der Waals surface area contributed by atoms with Crippen LogP contribution in [0.4, 0.5) is 5.69 Å². The largest absolute Gasteiger partial charge is 0.342 e. The van der Waals surface area contributed by atoms with E-state index < -0.39 is 16.1 Å². The van der Waals surface area contributed by atoms with Crippen molar-refractivity contribution in [1.82, 2.24) is 9.62 Å². The van der Waals surface area contributed by atoms with Gasteiger partial charge in [0.1, 0.15) is 6.04 Å². The van der Waals surface area contributed by atoms with Crippen molar-refractivity contribution >= 4 is 27.5 Å². The van der Waals surface area contributed by atoms with Gasteiger partial charge in [0.15, 0.2) is 0 Å². The van der Waals surface area contributed by atoms with Gasteiger partial charge in [-0.25, -0.2) is 8.42 Å². The average Bonchev–Trinajstić information content (AvgIpc) is 2.73. The number of hydrogen-bond donors (Lipinski definition) is 2. The van der Waals surface area contributed by atoms with E-state index in [1.54, 1.807) is 41.3 Å². The molecule has 1 atom stereocenters. The number of rotatable bonds is 7. The lowest BCUT2D eigenvalue weighted by molar-refractivity contribution is -0.132. The van der Waals surface area contributed by atoms with Crippen molar-refractivity contribution in [2.75, 3.05) is 18.4 Å². The number of aryl methyl sites for hydroxylation is 1. The predicted octanol–water partition coefficient (Wildman–Crippen LogP) is 2.46. The molecule has 1 unspecified atom stereocenters. The number of carbonyl (C=O) groups is 2. The molecular weight excluding hydrogens is 390 g/mol. The minimum absolute atomic E-state index is 0.0701. The number of amides is 2. The summed E-state index contributed by atoms with van der Waals surface area (Å²) in [4.78, 5) is 26.2. The molecule has 0 radical (unpaired) electrons. The molecule has 2 N–H and O–H groups in total. The maximum Gasteiger partial charge on any atom is 0.245 e. The third-order valence-electron chi connectivity index (χ3n) is 5.01. The summed E-state index contributed by atoms with van der Waals surface area (Å²) in [5.74, 6) is -0.379. The average molecular weight is 416 g/mol. The number of anilines is 1. The highest BCUT2D eigenvalue weighted by Gasteiger charge is 2.30. The fraction of sp³-hybridized carbons (Fsp3) is 0.333. The Bertz CT molecular complexity index is 1000. The van der Waals surface area contributed by atoms with Crippen molar-refractivity contribution < 1.29 is 18.0 Å². The Morgan fingerprint density at radius 3 is 2.45 bits per heavy atom. The number of fused-ring (bicyclic) bond motifs is 1. The first-order valence-corrected chi connectivity index (χ1v) is 11.1. The van der Waals surface area contributed by atoms with Crippen molar-refractivity contribution in [3.8, 4) is 0 Å². The molecule has 7 nitrogen and oxygen atoms in total. The zero-order valence-corrected chi connectivity index (χ0v) is 17.3. The summed E-state index contributed by atoms with van der Waals surface area (Å²) in [6.45, 7) is 4.68. The van der Waals surface area contributed by atoms with Crippen molar-refractivity contribution in [3.05, 3.63) is 59.7 Å². The monoisotopic (exact) mass is 415 g/mol. The number of benzene rings is 2. The molecule has 2 amide bonds. The Labute approximate surface area is 171 Å². The van der Waals surface area contributed by atoms with Crippen LogP contribution in [-0.4, -0.2) is 38.2 Å². The smallest absolute Gasteiger partial charge is 0.245 e. The van der Waals surface area contributed by atoms with Gasteiger partial charge in [0.25, 0.3) is 0 Å². The van der Waals surface area contributed by atoms with Crippen LogP contribution in [0.3, 0.4) is 0 Å². The Hall–Kier alpha value is -2.71. The summed E-state index contributed by atoms with van der Waals surface area (Å²) in [7, 11) is -3.96. The Morgan fingerprint density at radius 2 is 1.79 bits per heavy atom. The second-order valence-electron chi connectivity index (χ2n) is 6.84. The van der Waals surface area contributed by atoms with Crippen LogP contribution in [-0.2, 0) is 26.0 Å². The standard InChI is InChI=1S/C21H25N3O4S/c1-3-24(4-2)21(26)20(15-8-6-5-7-9-15)23-29(27,28)17-11-12-18-16(14-17)10-13-19(25)22-18/h5-9,11-12,14,20,23H,3-4,10,13H2,1-2H3,(H,22,25). The van der Waals surface area contributed by atoms with E-state index in [-0.39, 0.29) is 16.7 Å². The molecule has 0 spiro atoms. The van der Waals surface area contributed by atoms with E-state index >= 15 is 0 Å². The predicted molar refractivity (Wildman–Crippen MR) is 111 cm³/mol. The van der Waals surface area contributed by atoms with Gasteiger partial charge >= 0.3 is 0 Å². The molecule has 1 aliphatic heterocycles. The van der Waals surface area contributed by atoms with Crippen LogP contribution >= 0.6 is 0 Å².